The SMILES string of the molecule is CCC(C)CCc1cc(N)on1. The summed E-state index contributed by atoms with van der Waals surface area (Å²) in [4.78, 5) is 0. The first kappa shape index (κ1) is 9.10. The lowest BCUT2D eigenvalue weighted by molar-refractivity contribution is 0.420. The zero-order valence-corrected chi connectivity index (χ0v) is 7.71. The third kappa shape index (κ3) is 2.57. The number of anilines is 1. The van der Waals surface area contributed by atoms with Crippen LogP contribution in [0.15, 0.2) is 10.6 Å². The van der Waals surface area contributed by atoms with Crippen LogP contribution in [-0.4, -0.2) is 5.16 Å². The van der Waals surface area contributed by atoms with Crippen LogP contribution in [0.3, 0.4) is 0 Å². The van der Waals surface area contributed by atoms with E-state index < -0.39 is 0 Å². The molecule has 0 spiro atoms. The standard InChI is InChI=1S/C9H16N2O/c1-3-7(2)4-5-8-6-9(10)12-11-8/h6-7H,3-5,10H2,1-2H3. The van der Waals surface area contributed by atoms with Gasteiger partial charge in [0.15, 0.2) is 0 Å². The molecule has 3 nitrogen and oxygen atoms in total. The first-order valence-corrected chi connectivity index (χ1v) is 4.43. The Kier molecular flexibility index (Phi) is 3.14. The molecule has 1 atom stereocenters. The molecule has 0 saturated heterocycles. The Morgan fingerprint density at radius 3 is 2.92 bits per heavy atom. The molecule has 0 aliphatic rings. The predicted molar refractivity (Wildman–Crippen MR) is 48.7 cm³/mol. The molecule has 1 aromatic rings. The van der Waals surface area contributed by atoms with Crippen molar-refractivity contribution in [1.82, 2.24) is 5.16 Å². The van der Waals surface area contributed by atoms with Crippen LogP contribution in [0, 0.1) is 5.92 Å². The molecule has 0 aliphatic heterocycles. The van der Waals surface area contributed by atoms with Crippen molar-refractivity contribution in [3.63, 3.8) is 0 Å². The van der Waals surface area contributed by atoms with E-state index in [0.717, 1.165) is 24.5 Å². The minimum Gasteiger partial charge on any atom is -0.368 e. The van der Waals surface area contributed by atoms with Crippen LogP contribution < -0.4 is 5.73 Å². The molecule has 0 saturated carbocycles. The van der Waals surface area contributed by atoms with Crippen molar-refractivity contribution in [2.45, 2.75) is 33.1 Å². The van der Waals surface area contributed by atoms with Crippen molar-refractivity contribution in [1.29, 1.82) is 0 Å². The van der Waals surface area contributed by atoms with Gasteiger partial charge in [0, 0.05) is 6.07 Å². The molecule has 1 rings (SSSR count). The van der Waals surface area contributed by atoms with Gasteiger partial charge in [-0.15, -0.1) is 0 Å². The maximum atomic E-state index is 5.39. The van der Waals surface area contributed by atoms with E-state index in [1.165, 1.54) is 6.42 Å². The van der Waals surface area contributed by atoms with Gasteiger partial charge >= 0.3 is 0 Å². The van der Waals surface area contributed by atoms with E-state index in [4.69, 9.17) is 10.3 Å². The van der Waals surface area contributed by atoms with Gasteiger partial charge in [-0.1, -0.05) is 25.4 Å². The summed E-state index contributed by atoms with van der Waals surface area (Å²) in [5.74, 6) is 1.16. The zero-order chi connectivity index (χ0) is 8.97. The molecule has 0 amide bonds. The first-order valence-electron chi connectivity index (χ1n) is 4.43. The Bertz CT molecular complexity index is 232. The Balaban J connectivity index is 2.33. The van der Waals surface area contributed by atoms with Gasteiger partial charge in [-0.05, 0) is 18.8 Å². The van der Waals surface area contributed by atoms with Gasteiger partial charge < -0.3 is 10.3 Å². The zero-order valence-electron chi connectivity index (χ0n) is 7.71. The molecule has 1 heterocycles. The summed E-state index contributed by atoms with van der Waals surface area (Å²) in [6.07, 6.45) is 3.34. The largest absolute Gasteiger partial charge is 0.368 e. The molecule has 3 heteroatoms. The Morgan fingerprint density at radius 2 is 2.42 bits per heavy atom. The fourth-order valence-corrected chi connectivity index (χ4v) is 1.04. The Hall–Kier alpha value is -0.990. The van der Waals surface area contributed by atoms with Crippen molar-refractivity contribution in [3.05, 3.63) is 11.8 Å². The fraction of sp³-hybridized carbons (Fsp3) is 0.667. The number of hydrogen-bond acceptors (Lipinski definition) is 3. The van der Waals surface area contributed by atoms with Crippen molar-refractivity contribution in [3.8, 4) is 0 Å². The number of nitrogens with zero attached hydrogens (tertiary/aromatic N) is 1. The first-order chi connectivity index (χ1) is 5.72. The quantitative estimate of drug-likeness (QED) is 0.750. The van der Waals surface area contributed by atoms with Crippen LogP contribution in [0.1, 0.15) is 32.4 Å². The van der Waals surface area contributed by atoms with Gasteiger partial charge in [0.25, 0.3) is 0 Å². The lowest BCUT2D eigenvalue weighted by Gasteiger charge is -2.04. The molecule has 0 bridgehead atoms. The van der Waals surface area contributed by atoms with Gasteiger partial charge in [-0.2, -0.15) is 0 Å². The number of rotatable bonds is 4. The normalized spacial score (nSPS) is 13.2. The van der Waals surface area contributed by atoms with Crippen molar-refractivity contribution < 1.29 is 4.52 Å². The minimum atomic E-state index is 0.411. The Morgan fingerprint density at radius 1 is 1.67 bits per heavy atom. The maximum Gasteiger partial charge on any atom is 0.222 e. The second-order valence-electron chi connectivity index (χ2n) is 3.27. The van der Waals surface area contributed by atoms with Crippen LogP contribution in [0.25, 0.3) is 0 Å². The van der Waals surface area contributed by atoms with Crippen LogP contribution in [-0.2, 0) is 6.42 Å². The predicted octanol–water partition coefficient (Wildman–Crippen LogP) is 2.24. The van der Waals surface area contributed by atoms with Crippen LogP contribution in [0.4, 0.5) is 5.88 Å². The summed E-state index contributed by atoms with van der Waals surface area (Å²) in [6.45, 7) is 4.44. The molecule has 0 aromatic carbocycles. The van der Waals surface area contributed by atoms with E-state index in [0.29, 0.717) is 5.88 Å². The van der Waals surface area contributed by atoms with E-state index in [2.05, 4.69) is 19.0 Å². The van der Waals surface area contributed by atoms with E-state index in [-0.39, 0.29) is 0 Å². The van der Waals surface area contributed by atoms with Crippen molar-refractivity contribution >= 4 is 5.88 Å². The third-order valence-corrected chi connectivity index (χ3v) is 2.17. The molecule has 2 N–H and O–H groups in total. The molecule has 0 aliphatic carbocycles. The average molecular weight is 168 g/mol. The van der Waals surface area contributed by atoms with E-state index >= 15 is 0 Å². The smallest absolute Gasteiger partial charge is 0.222 e. The molecular weight excluding hydrogens is 152 g/mol. The number of nitrogens with two attached hydrogens (primary N) is 1. The number of hydrogen-bond donors (Lipinski definition) is 1. The second-order valence-corrected chi connectivity index (χ2v) is 3.27. The highest BCUT2D eigenvalue weighted by molar-refractivity contribution is 5.24. The van der Waals surface area contributed by atoms with Crippen molar-refractivity contribution in [2.75, 3.05) is 5.73 Å². The van der Waals surface area contributed by atoms with Gasteiger partial charge in [0.1, 0.15) is 0 Å². The molecule has 68 valence electrons. The second kappa shape index (κ2) is 4.14. The molecular formula is C9H16N2O. The van der Waals surface area contributed by atoms with Crippen LogP contribution in [0.2, 0.25) is 0 Å². The summed E-state index contributed by atoms with van der Waals surface area (Å²) in [6, 6.07) is 1.79. The highest BCUT2D eigenvalue weighted by atomic mass is 16.5. The molecule has 1 aromatic heterocycles. The molecule has 1 unspecified atom stereocenters. The van der Waals surface area contributed by atoms with E-state index in [1.807, 2.05) is 0 Å². The summed E-state index contributed by atoms with van der Waals surface area (Å²) in [5.41, 5.74) is 6.35. The highest BCUT2D eigenvalue weighted by Gasteiger charge is 2.03. The van der Waals surface area contributed by atoms with E-state index in [1.54, 1.807) is 6.07 Å². The van der Waals surface area contributed by atoms with Gasteiger partial charge in [0.05, 0.1) is 5.69 Å². The lowest BCUT2D eigenvalue weighted by Crippen LogP contribution is -1.95. The molecule has 0 radical (unpaired) electrons. The highest BCUT2D eigenvalue weighted by Crippen LogP contribution is 2.12. The topological polar surface area (TPSA) is 52.0 Å². The third-order valence-electron chi connectivity index (χ3n) is 2.17. The minimum absolute atomic E-state index is 0.411. The van der Waals surface area contributed by atoms with Gasteiger partial charge in [-0.3, -0.25) is 0 Å². The van der Waals surface area contributed by atoms with Crippen LogP contribution in [0.5, 0.6) is 0 Å². The lowest BCUT2D eigenvalue weighted by atomic mass is 10.0. The number of aryl methyl sites for hydroxylation is 1. The van der Waals surface area contributed by atoms with E-state index in [9.17, 15) is 0 Å². The summed E-state index contributed by atoms with van der Waals surface area (Å²) in [7, 11) is 0. The fourth-order valence-electron chi connectivity index (χ4n) is 1.04. The van der Waals surface area contributed by atoms with Gasteiger partial charge in [-0.25, -0.2) is 0 Å². The summed E-state index contributed by atoms with van der Waals surface area (Å²) >= 11 is 0. The Labute approximate surface area is 72.9 Å². The summed E-state index contributed by atoms with van der Waals surface area (Å²) < 4.78 is 4.76. The average Bonchev–Trinajstić information content (AvgIpc) is 2.47. The molecule has 12 heavy (non-hydrogen) atoms. The van der Waals surface area contributed by atoms with Gasteiger partial charge in [0.2, 0.25) is 5.88 Å². The number of nitrogen functional groups attached to an aromatic ring is 1. The summed E-state index contributed by atoms with van der Waals surface area (Å²) in [5, 5.41) is 3.82. The van der Waals surface area contributed by atoms with Crippen molar-refractivity contribution in [2.24, 2.45) is 5.92 Å². The maximum absolute atomic E-state index is 5.39. The monoisotopic (exact) mass is 168 g/mol. The number of aromatic nitrogens is 1. The van der Waals surface area contributed by atoms with Crippen LogP contribution >= 0.6 is 0 Å². The molecule has 0 fully saturated rings.